The quantitative estimate of drug-likeness (QED) is 0.795. The Kier molecular flexibility index (Phi) is 7.05. The Bertz CT molecular complexity index is 669. The molecule has 0 aromatic heterocycles. The normalized spacial score (nSPS) is 22.1. The van der Waals surface area contributed by atoms with E-state index in [-0.39, 0.29) is 23.5 Å². The highest BCUT2D eigenvalue weighted by Gasteiger charge is 2.35. The molecule has 28 heavy (non-hydrogen) atoms. The topological polar surface area (TPSA) is 43.9 Å². The lowest BCUT2D eigenvalue weighted by Gasteiger charge is -2.37. The predicted octanol–water partition coefficient (Wildman–Crippen LogP) is 3.07. The van der Waals surface area contributed by atoms with Crippen LogP contribution in [0.3, 0.4) is 0 Å². The maximum Gasteiger partial charge on any atom is 0.244 e. The summed E-state index contributed by atoms with van der Waals surface area (Å²) < 4.78 is 13.3. The lowest BCUT2D eigenvalue weighted by molar-refractivity contribution is -0.143. The van der Waals surface area contributed by atoms with Crippen molar-refractivity contribution in [2.24, 2.45) is 5.92 Å². The average Bonchev–Trinajstić information content (AvgIpc) is 2.98. The van der Waals surface area contributed by atoms with Crippen LogP contribution in [0.5, 0.6) is 0 Å². The molecule has 2 amide bonds. The molecular weight excluding hydrogens is 357 g/mol. The molecule has 2 aliphatic rings. The van der Waals surface area contributed by atoms with Gasteiger partial charge in [0.25, 0.3) is 0 Å². The number of amides is 2. The number of piperidine rings is 1. The molecular formula is C22H32FN3O2. The van der Waals surface area contributed by atoms with Gasteiger partial charge in [0.1, 0.15) is 11.9 Å². The van der Waals surface area contributed by atoms with Gasteiger partial charge in [-0.05, 0) is 57.5 Å². The van der Waals surface area contributed by atoms with E-state index in [1.807, 2.05) is 28.8 Å². The summed E-state index contributed by atoms with van der Waals surface area (Å²) in [6.45, 7) is 2.85. The average molecular weight is 390 g/mol. The third kappa shape index (κ3) is 4.90. The second kappa shape index (κ2) is 9.50. The lowest BCUT2D eigenvalue weighted by atomic mass is 9.94. The first-order valence-electron chi connectivity index (χ1n) is 10.5. The van der Waals surface area contributed by atoms with Crippen LogP contribution in [0.25, 0.3) is 0 Å². The molecule has 1 aromatic rings. The van der Waals surface area contributed by atoms with Crippen molar-refractivity contribution in [1.82, 2.24) is 14.7 Å². The number of likely N-dealkylation sites (tertiary alicyclic amines) is 2. The largest absolute Gasteiger partial charge is 0.342 e. The van der Waals surface area contributed by atoms with E-state index in [0.29, 0.717) is 13.1 Å². The zero-order valence-corrected chi connectivity index (χ0v) is 17.1. The van der Waals surface area contributed by atoms with E-state index in [0.717, 1.165) is 44.3 Å². The van der Waals surface area contributed by atoms with Gasteiger partial charge >= 0.3 is 0 Å². The number of benzene rings is 1. The van der Waals surface area contributed by atoms with Gasteiger partial charge in [-0.3, -0.25) is 14.5 Å². The standard InChI is InChI=1S/C22H32FN3O2/c1-24(2)20(17-9-11-19(23)12-10-17)22(28)26-15-7-8-18(16-26)21(27)25-13-5-3-4-6-14-25/h9-12,18,20H,3-8,13-16H2,1-2H3/t18-,20+/m1/s1. The van der Waals surface area contributed by atoms with Gasteiger partial charge in [-0.1, -0.05) is 25.0 Å². The van der Waals surface area contributed by atoms with Crippen molar-refractivity contribution in [2.45, 2.75) is 44.6 Å². The highest BCUT2D eigenvalue weighted by atomic mass is 19.1. The third-order valence-corrected chi connectivity index (χ3v) is 5.94. The zero-order chi connectivity index (χ0) is 20.1. The minimum absolute atomic E-state index is 0.00928. The fourth-order valence-electron chi connectivity index (χ4n) is 4.41. The molecule has 154 valence electrons. The summed E-state index contributed by atoms with van der Waals surface area (Å²) in [7, 11) is 3.71. The van der Waals surface area contributed by atoms with E-state index >= 15 is 0 Å². The number of likely N-dealkylation sites (N-methyl/N-ethyl adjacent to an activating group) is 1. The molecule has 0 unspecified atom stereocenters. The van der Waals surface area contributed by atoms with Crippen molar-refractivity contribution in [3.63, 3.8) is 0 Å². The number of halogens is 1. The van der Waals surface area contributed by atoms with Gasteiger partial charge in [0.15, 0.2) is 0 Å². The fourth-order valence-corrected chi connectivity index (χ4v) is 4.41. The molecule has 0 radical (unpaired) electrons. The maximum atomic E-state index is 13.3. The summed E-state index contributed by atoms with van der Waals surface area (Å²) in [4.78, 5) is 32.0. The molecule has 0 spiro atoms. The maximum absolute atomic E-state index is 13.3. The molecule has 0 aliphatic carbocycles. The summed E-state index contributed by atoms with van der Waals surface area (Å²) in [5, 5.41) is 0. The molecule has 0 saturated carbocycles. The van der Waals surface area contributed by atoms with Gasteiger partial charge in [-0.2, -0.15) is 0 Å². The summed E-state index contributed by atoms with van der Waals surface area (Å²) in [5.74, 6) is -0.214. The van der Waals surface area contributed by atoms with Gasteiger partial charge in [0.05, 0.1) is 5.92 Å². The van der Waals surface area contributed by atoms with Gasteiger partial charge in [-0.15, -0.1) is 0 Å². The van der Waals surface area contributed by atoms with Gasteiger partial charge in [0.2, 0.25) is 11.8 Å². The molecule has 6 heteroatoms. The second-order valence-corrected chi connectivity index (χ2v) is 8.28. The van der Waals surface area contributed by atoms with Crippen molar-refractivity contribution in [3.8, 4) is 0 Å². The van der Waals surface area contributed by atoms with E-state index in [1.165, 1.54) is 25.0 Å². The molecule has 1 aromatic carbocycles. The molecule has 5 nitrogen and oxygen atoms in total. The Morgan fingerprint density at radius 2 is 1.57 bits per heavy atom. The Morgan fingerprint density at radius 3 is 2.18 bits per heavy atom. The molecule has 3 rings (SSSR count). The molecule has 2 atom stereocenters. The van der Waals surface area contributed by atoms with Gasteiger partial charge in [0, 0.05) is 26.2 Å². The lowest BCUT2D eigenvalue weighted by Crippen LogP contribution is -2.49. The monoisotopic (exact) mass is 389 g/mol. The van der Waals surface area contributed by atoms with Crippen LogP contribution in [-0.2, 0) is 9.59 Å². The van der Waals surface area contributed by atoms with Crippen LogP contribution in [0, 0.1) is 11.7 Å². The van der Waals surface area contributed by atoms with E-state index in [1.54, 1.807) is 12.1 Å². The Hall–Kier alpha value is -1.95. The van der Waals surface area contributed by atoms with Gasteiger partial charge < -0.3 is 9.80 Å². The van der Waals surface area contributed by atoms with E-state index in [4.69, 9.17) is 0 Å². The second-order valence-electron chi connectivity index (χ2n) is 8.28. The predicted molar refractivity (Wildman–Crippen MR) is 107 cm³/mol. The van der Waals surface area contributed by atoms with Crippen LogP contribution >= 0.6 is 0 Å². The molecule has 0 N–H and O–H groups in total. The summed E-state index contributed by atoms with van der Waals surface area (Å²) in [6, 6.07) is 5.65. The van der Waals surface area contributed by atoms with Crippen LogP contribution in [0.2, 0.25) is 0 Å². The first-order valence-corrected chi connectivity index (χ1v) is 10.5. The van der Waals surface area contributed by atoms with E-state index < -0.39 is 6.04 Å². The third-order valence-electron chi connectivity index (χ3n) is 5.94. The van der Waals surface area contributed by atoms with Crippen molar-refractivity contribution >= 4 is 11.8 Å². The van der Waals surface area contributed by atoms with Crippen molar-refractivity contribution in [2.75, 3.05) is 40.3 Å². The summed E-state index contributed by atoms with van der Waals surface area (Å²) in [5.41, 5.74) is 0.775. The van der Waals surface area contributed by atoms with Crippen molar-refractivity contribution in [3.05, 3.63) is 35.6 Å². The number of carbonyl (C=O) groups is 2. The highest BCUT2D eigenvalue weighted by Crippen LogP contribution is 2.26. The van der Waals surface area contributed by atoms with Crippen LogP contribution in [0.15, 0.2) is 24.3 Å². The molecule has 2 saturated heterocycles. The molecule has 2 fully saturated rings. The minimum atomic E-state index is -0.465. The van der Waals surface area contributed by atoms with Crippen molar-refractivity contribution in [1.29, 1.82) is 0 Å². The van der Waals surface area contributed by atoms with Crippen LogP contribution < -0.4 is 0 Å². The highest BCUT2D eigenvalue weighted by molar-refractivity contribution is 5.85. The number of nitrogens with zero attached hydrogens (tertiary/aromatic N) is 3. The summed E-state index contributed by atoms with van der Waals surface area (Å²) >= 11 is 0. The Balaban J connectivity index is 1.70. The smallest absolute Gasteiger partial charge is 0.244 e. The Morgan fingerprint density at radius 1 is 0.964 bits per heavy atom. The van der Waals surface area contributed by atoms with Crippen LogP contribution in [0.1, 0.15) is 50.1 Å². The zero-order valence-electron chi connectivity index (χ0n) is 17.1. The number of hydrogen-bond donors (Lipinski definition) is 0. The van der Waals surface area contributed by atoms with Crippen LogP contribution in [0.4, 0.5) is 4.39 Å². The fraction of sp³-hybridized carbons (Fsp3) is 0.636. The summed E-state index contributed by atoms with van der Waals surface area (Å²) in [6.07, 6.45) is 6.24. The van der Waals surface area contributed by atoms with Crippen molar-refractivity contribution < 1.29 is 14.0 Å². The van der Waals surface area contributed by atoms with Gasteiger partial charge in [-0.25, -0.2) is 4.39 Å². The first-order chi connectivity index (χ1) is 13.5. The molecule has 0 bridgehead atoms. The van der Waals surface area contributed by atoms with E-state index in [9.17, 15) is 14.0 Å². The molecule has 2 heterocycles. The molecule has 2 aliphatic heterocycles. The minimum Gasteiger partial charge on any atom is -0.342 e. The van der Waals surface area contributed by atoms with E-state index in [2.05, 4.69) is 0 Å². The first kappa shape index (κ1) is 20.8. The number of rotatable bonds is 4. The van der Waals surface area contributed by atoms with Crippen LogP contribution in [-0.4, -0.2) is 66.8 Å². The SMILES string of the molecule is CN(C)[C@H](C(=O)N1CCC[C@@H](C(=O)N2CCCCCC2)C1)c1ccc(F)cc1. The number of hydrogen-bond acceptors (Lipinski definition) is 3. The Labute approximate surface area is 167 Å². The number of carbonyl (C=O) groups excluding carboxylic acids is 2.